The number of hydrogen-bond acceptors (Lipinski definition) is 2. The maximum absolute atomic E-state index is 6.32. The Hall–Kier alpha value is -1.51. The summed E-state index contributed by atoms with van der Waals surface area (Å²) in [6.07, 6.45) is 1.10. The lowest BCUT2D eigenvalue weighted by molar-refractivity contribution is 0.232. The van der Waals surface area contributed by atoms with Crippen molar-refractivity contribution in [3.63, 3.8) is 0 Å². The quantitative estimate of drug-likeness (QED) is 0.919. The Kier molecular flexibility index (Phi) is 3.92. The van der Waals surface area contributed by atoms with Crippen LogP contribution in [0.5, 0.6) is 5.75 Å². The molecule has 0 saturated heterocycles. The Bertz CT molecular complexity index is 681. The molecule has 2 aromatic rings. The molecule has 3 heteroatoms. The highest BCUT2D eigenvalue weighted by molar-refractivity contribution is 6.31. The molecule has 2 aromatic carbocycles. The van der Waals surface area contributed by atoms with Gasteiger partial charge in [0.15, 0.2) is 0 Å². The van der Waals surface area contributed by atoms with Crippen molar-refractivity contribution in [2.24, 2.45) is 0 Å². The van der Waals surface area contributed by atoms with Gasteiger partial charge in [-0.3, -0.25) is 0 Å². The molecule has 1 aliphatic rings. The van der Waals surface area contributed by atoms with Gasteiger partial charge in [-0.1, -0.05) is 35.4 Å². The first kappa shape index (κ1) is 14.4. The van der Waals surface area contributed by atoms with Gasteiger partial charge in [0, 0.05) is 23.6 Å². The summed E-state index contributed by atoms with van der Waals surface area (Å²) in [5, 5.41) is 3.95. The van der Waals surface area contributed by atoms with Crippen LogP contribution in [0.2, 0.25) is 5.02 Å². The average Bonchev–Trinajstić information content (AvgIpc) is 2.81. The van der Waals surface area contributed by atoms with Crippen LogP contribution >= 0.6 is 11.6 Å². The molecule has 1 heterocycles. The minimum Gasteiger partial charge on any atom is -0.488 e. The number of halogens is 1. The largest absolute Gasteiger partial charge is 0.488 e. The lowest BCUT2D eigenvalue weighted by Crippen LogP contribution is -2.27. The lowest BCUT2D eigenvalue weighted by atomic mass is 9.96. The predicted molar refractivity (Wildman–Crippen MR) is 88.4 cm³/mol. The van der Waals surface area contributed by atoms with E-state index in [9.17, 15) is 0 Å². The molecule has 3 rings (SSSR count). The molecular formula is C18H20ClNO. The van der Waals surface area contributed by atoms with Gasteiger partial charge in [-0.15, -0.1) is 0 Å². The highest BCUT2D eigenvalue weighted by Crippen LogP contribution is 2.42. The number of fused-ring (bicyclic) bond motifs is 1. The molecule has 110 valence electrons. The SMILES string of the molecule is CNCC1Cc2cc(Cl)cc(-c3ccc(C)cc3C)c2O1. The van der Waals surface area contributed by atoms with E-state index >= 15 is 0 Å². The molecule has 1 atom stereocenters. The Balaban J connectivity index is 2.08. The van der Waals surface area contributed by atoms with Gasteiger partial charge in [-0.25, -0.2) is 0 Å². The van der Waals surface area contributed by atoms with Crippen LogP contribution in [0.15, 0.2) is 30.3 Å². The number of hydrogen-bond donors (Lipinski definition) is 1. The van der Waals surface area contributed by atoms with Crippen LogP contribution in [0, 0.1) is 13.8 Å². The van der Waals surface area contributed by atoms with Gasteiger partial charge in [-0.05, 0) is 49.7 Å². The van der Waals surface area contributed by atoms with E-state index in [-0.39, 0.29) is 6.10 Å². The van der Waals surface area contributed by atoms with Crippen LogP contribution in [-0.2, 0) is 6.42 Å². The molecule has 21 heavy (non-hydrogen) atoms. The Morgan fingerprint density at radius 3 is 2.71 bits per heavy atom. The van der Waals surface area contributed by atoms with Crippen LogP contribution in [-0.4, -0.2) is 19.7 Å². The molecule has 0 radical (unpaired) electrons. The van der Waals surface area contributed by atoms with Gasteiger partial charge in [0.1, 0.15) is 11.9 Å². The number of ether oxygens (including phenoxy) is 1. The summed E-state index contributed by atoms with van der Waals surface area (Å²) >= 11 is 6.32. The van der Waals surface area contributed by atoms with Gasteiger partial charge < -0.3 is 10.1 Å². The molecule has 1 unspecified atom stereocenters. The van der Waals surface area contributed by atoms with Crippen LogP contribution < -0.4 is 10.1 Å². The number of aryl methyl sites for hydroxylation is 2. The minimum atomic E-state index is 0.188. The van der Waals surface area contributed by atoms with Gasteiger partial charge in [0.05, 0.1) is 0 Å². The van der Waals surface area contributed by atoms with E-state index in [0.717, 1.165) is 29.3 Å². The molecule has 0 saturated carbocycles. The zero-order valence-electron chi connectivity index (χ0n) is 12.7. The van der Waals surface area contributed by atoms with E-state index in [0.29, 0.717) is 0 Å². The normalized spacial score (nSPS) is 16.7. The second-order valence-corrected chi connectivity index (χ2v) is 6.20. The second kappa shape index (κ2) is 5.70. The first-order valence-corrected chi connectivity index (χ1v) is 7.67. The number of likely N-dealkylation sites (N-methyl/N-ethyl adjacent to an activating group) is 1. The summed E-state index contributed by atoms with van der Waals surface area (Å²) in [6.45, 7) is 5.09. The summed E-state index contributed by atoms with van der Waals surface area (Å²) in [5.74, 6) is 0.992. The average molecular weight is 302 g/mol. The van der Waals surface area contributed by atoms with Gasteiger partial charge in [0.25, 0.3) is 0 Å². The Morgan fingerprint density at radius 1 is 1.19 bits per heavy atom. The van der Waals surface area contributed by atoms with Crippen LogP contribution in [0.4, 0.5) is 0 Å². The van der Waals surface area contributed by atoms with E-state index in [2.05, 4.69) is 37.4 Å². The fourth-order valence-electron chi connectivity index (χ4n) is 3.05. The van der Waals surface area contributed by atoms with Crippen LogP contribution in [0.1, 0.15) is 16.7 Å². The van der Waals surface area contributed by atoms with E-state index in [4.69, 9.17) is 16.3 Å². The van der Waals surface area contributed by atoms with E-state index < -0.39 is 0 Å². The molecule has 1 N–H and O–H groups in total. The summed E-state index contributed by atoms with van der Waals surface area (Å²) in [7, 11) is 1.95. The molecule has 0 bridgehead atoms. The predicted octanol–water partition coefficient (Wildman–Crippen LogP) is 4.15. The lowest BCUT2D eigenvalue weighted by Gasteiger charge is -2.14. The molecule has 0 spiro atoms. The van der Waals surface area contributed by atoms with E-state index in [1.807, 2.05) is 19.2 Å². The van der Waals surface area contributed by atoms with Crippen molar-refractivity contribution < 1.29 is 4.74 Å². The van der Waals surface area contributed by atoms with Crippen LogP contribution in [0.3, 0.4) is 0 Å². The fraction of sp³-hybridized carbons (Fsp3) is 0.333. The summed E-state index contributed by atoms with van der Waals surface area (Å²) in [5.41, 5.74) is 6.03. The maximum atomic E-state index is 6.32. The minimum absolute atomic E-state index is 0.188. The Labute approximate surface area is 131 Å². The number of nitrogens with one attached hydrogen (secondary N) is 1. The topological polar surface area (TPSA) is 21.3 Å². The first-order valence-electron chi connectivity index (χ1n) is 7.30. The maximum Gasteiger partial charge on any atom is 0.131 e. The molecule has 2 nitrogen and oxygen atoms in total. The second-order valence-electron chi connectivity index (χ2n) is 5.76. The third-order valence-electron chi connectivity index (χ3n) is 3.97. The smallest absolute Gasteiger partial charge is 0.131 e. The number of benzene rings is 2. The Morgan fingerprint density at radius 2 is 2.00 bits per heavy atom. The van der Waals surface area contributed by atoms with Crippen LogP contribution in [0.25, 0.3) is 11.1 Å². The third kappa shape index (κ3) is 2.78. The van der Waals surface area contributed by atoms with Crippen molar-refractivity contribution >= 4 is 11.6 Å². The van der Waals surface area contributed by atoms with Crippen molar-refractivity contribution in [1.82, 2.24) is 5.32 Å². The number of rotatable bonds is 3. The zero-order valence-corrected chi connectivity index (χ0v) is 13.4. The van der Waals surface area contributed by atoms with Crippen molar-refractivity contribution in [2.75, 3.05) is 13.6 Å². The first-order chi connectivity index (χ1) is 10.1. The summed E-state index contributed by atoms with van der Waals surface area (Å²) in [6, 6.07) is 10.5. The van der Waals surface area contributed by atoms with Gasteiger partial charge in [0.2, 0.25) is 0 Å². The molecule has 0 fully saturated rings. The summed E-state index contributed by atoms with van der Waals surface area (Å²) in [4.78, 5) is 0. The molecular weight excluding hydrogens is 282 g/mol. The van der Waals surface area contributed by atoms with E-state index in [1.165, 1.54) is 22.3 Å². The fourth-order valence-corrected chi connectivity index (χ4v) is 3.29. The monoisotopic (exact) mass is 301 g/mol. The molecule has 0 aliphatic carbocycles. The van der Waals surface area contributed by atoms with Crippen molar-refractivity contribution in [3.05, 3.63) is 52.0 Å². The molecule has 0 aromatic heterocycles. The molecule has 1 aliphatic heterocycles. The van der Waals surface area contributed by atoms with Gasteiger partial charge >= 0.3 is 0 Å². The van der Waals surface area contributed by atoms with Crippen molar-refractivity contribution in [3.8, 4) is 16.9 Å². The summed E-state index contributed by atoms with van der Waals surface area (Å²) < 4.78 is 6.15. The van der Waals surface area contributed by atoms with Gasteiger partial charge in [-0.2, -0.15) is 0 Å². The molecule has 0 amide bonds. The third-order valence-corrected chi connectivity index (χ3v) is 4.18. The van der Waals surface area contributed by atoms with Crippen molar-refractivity contribution in [1.29, 1.82) is 0 Å². The standard InChI is InChI=1S/C18H20ClNO/c1-11-4-5-16(12(2)6-11)17-9-14(19)7-13-8-15(10-20-3)21-18(13)17/h4-7,9,15,20H,8,10H2,1-3H3. The highest BCUT2D eigenvalue weighted by Gasteiger charge is 2.26. The zero-order chi connectivity index (χ0) is 15.0. The van der Waals surface area contributed by atoms with Crippen molar-refractivity contribution in [2.45, 2.75) is 26.4 Å². The highest BCUT2D eigenvalue weighted by atomic mass is 35.5. The van der Waals surface area contributed by atoms with E-state index in [1.54, 1.807) is 0 Å².